The van der Waals surface area contributed by atoms with Gasteiger partial charge in [0.05, 0.1) is 13.0 Å². The Kier molecular flexibility index (Phi) is 4.91. The zero-order chi connectivity index (χ0) is 20.5. The van der Waals surface area contributed by atoms with E-state index in [2.05, 4.69) is 10.3 Å². The number of benzene rings is 2. The molecule has 0 radical (unpaired) electrons. The lowest BCUT2D eigenvalue weighted by molar-refractivity contribution is -0.138. The van der Waals surface area contributed by atoms with Crippen molar-refractivity contribution in [3.05, 3.63) is 66.4 Å². The van der Waals surface area contributed by atoms with E-state index in [0.29, 0.717) is 13.0 Å². The minimum atomic E-state index is -0.489. The minimum absolute atomic E-state index is 0.0464. The summed E-state index contributed by atoms with van der Waals surface area (Å²) >= 11 is 0. The molecule has 2 N–H and O–H groups in total. The largest absolute Gasteiger partial charge is 0.488 e. The first-order valence-electron chi connectivity index (χ1n) is 10.5. The summed E-state index contributed by atoms with van der Waals surface area (Å²) in [6, 6.07) is 17.3. The predicted molar refractivity (Wildman–Crippen MR) is 114 cm³/mol. The Morgan fingerprint density at radius 2 is 1.83 bits per heavy atom. The van der Waals surface area contributed by atoms with Crippen LogP contribution in [0.2, 0.25) is 0 Å². The lowest BCUT2D eigenvalue weighted by Gasteiger charge is -2.23. The van der Waals surface area contributed by atoms with Crippen LogP contribution in [-0.2, 0) is 16.0 Å². The first kappa shape index (κ1) is 18.7. The standard InChI is InChI=1S/C24H25N3O3/c28-23(12-16-14-25-21-9-5-4-8-20(16)21)27-15-19(30-18-6-2-1-3-7-18)13-22(27)24(29)26-17-10-11-17/h1-9,14,17,19,22,25H,10-13,15H2,(H,26,29)/t19-,22-/m0/s1. The summed E-state index contributed by atoms with van der Waals surface area (Å²) < 4.78 is 6.08. The molecule has 2 amide bonds. The number of fused-ring (bicyclic) bond motifs is 1. The highest BCUT2D eigenvalue weighted by atomic mass is 16.5. The predicted octanol–water partition coefficient (Wildman–Crippen LogP) is 3.04. The quantitative estimate of drug-likeness (QED) is 0.664. The minimum Gasteiger partial charge on any atom is -0.488 e. The van der Waals surface area contributed by atoms with Crippen molar-refractivity contribution in [3.63, 3.8) is 0 Å². The van der Waals surface area contributed by atoms with E-state index in [-0.39, 0.29) is 30.4 Å². The Balaban J connectivity index is 1.34. The fourth-order valence-corrected chi connectivity index (χ4v) is 4.17. The number of rotatable bonds is 6. The van der Waals surface area contributed by atoms with Crippen LogP contribution in [0.3, 0.4) is 0 Å². The molecule has 1 aromatic heterocycles. The summed E-state index contributed by atoms with van der Waals surface area (Å²) in [7, 11) is 0. The number of carbonyl (C=O) groups excluding carboxylic acids is 2. The molecular weight excluding hydrogens is 378 g/mol. The molecule has 6 heteroatoms. The number of para-hydroxylation sites is 2. The molecule has 5 rings (SSSR count). The van der Waals surface area contributed by atoms with Gasteiger partial charge in [-0.2, -0.15) is 0 Å². The van der Waals surface area contributed by atoms with E-state index in [0.717, 1.165) is 35.1 Å². The van der Waals surface area contributed by atoms with Crippen LogP contribution in [0, 0.1) is 0 Å². The Morgan fingerprint density at radius 1 is 1.07 bits per heavy atom. The maximum atomic E-state index is 13.2. The monoisotopic (exact) mass is 403 g/mol. The van der Waals surface area contributed by atoms with Crippen molar-refractivity contribution in [2.75, 3.05) is 6.54 Å². The van der Waals surface area contributed by atoms with Gasteiger partial charge in [0.1, 0.15) is 17.9 Å². The number of likely N-dealkylation sites (tertiary alicyclic amines) is 1. The highest BCUT2D eigenvalue weighted by Crippen LogP contribution is 2.27. The highest BCUT2D eigenvalue weighted by Gasteiger charge is 2.42. The van der Waals surface area contributed by atoms with Gasteiger partial charge in [0.15, 0.2) is 0 Å². The zero-order valence-electron chi connectivity index (χ0n) is 16.7. The van der Waals surface area contributed by atoms with Gasteiger partial charge in [-0.3, -0.25) is 9.59 Å². The molecule has 154 valence electrons. The molecule has 2 aliphatic rings. The summed E-state index contributed by atoms with van der Waals surface area (Å²) in [6.45, 7) is 0.416. The van der Waals surface area contributed by atoms with Gasteiger partial charge in [0.2, 0.25) is 11.8 Å². The molecule has 2 atom stereocenters. The van der Waals surface area contributed by atoms with Crippen LogP contribution in [-0.4, -0.2) is 46.4 Å². The Morgan fingerprint density at radius 3 is 2.63 bits per heavy atom. The normalized spacial score (nSPS) is 21.0. The lowest BCUT2D eigenvalue weighted by Crippen LogP contribution is -2.47. The molecule has 2 aromatic carbocycles. The van der Waals surface area contributed by atoms with Gasteiger partial charge in [0.25, 0.3) is 0 Å². The fourth-order valence-electron chi connectivity index (χ4n) is 4.17. The first-order chi connectivity index (χ1) is 14.7. The number of hydrogen-bond acceptors (Lipinski definition) is 3. The van der Waals surface area contributed by atoms with Crippen molar-refractivity contribution in [3.8, 4) is 5.75 Å². The van der Waals surface area contributed by atoms with Gasteiger partial charge in [0, 0.05) is 29.6 Å². The van der Waals surface area contributed by atoms with Crippen molar-refractivity contribution in [1.82, 2.24) is 15.2 Å². The molecule has 3 aromatic rings. The van der Waals surface area contributed by atoms with Crippen LogP contribution < -0.4 is 10.1 Å². The first-order valence-corrected chi connectivity index (χ1v) is 10.5. The average Bonchev–Trinajstić information content (AvgIpc) is 3.32. The van der Waals surface area contributed by atoms with Gasteiger partial charge in [-0.1, -0.05) is 36.4 Å². The number of ether oxygens (including phenoxy) is 1. The van der Waals surface area contributed by atoms with E-state index in [1.165, 1.54) is 0 Å². The van der Waals surface area contributed by atoms with Crippen LogP contribution in [0.25, 0.3) is 10.9 Å². The maximum Gasteiger partial charge on any atom is 0.243 e. The van der Waals surface area contributed by atoms with Gasteiger partial charge < -0.3 is 19.9 Å². The zero-order valence-corrected chi connectivity index (χ0v) is 16.7. The molecule has 6 nitrogen and oxygen atoms in total. The van der Waals surface area contributed by atoms with E-state index in [1.807, 2.05) is 60.8 Å². The second-order valence-electron chi connectivity index (χ2n) is 8.17. The summed E-state index contributed by atoms with van der Waals surface area (Å²) in [6.07, 6.45) is 4.49. The van der Waals surface area contributed by atoms with E-state index >= 15 is 0 Å². The van der Waals surface area contributed by atoms with Crippen LogP contribution >= 0.6 is 0 Å². The third-order valence-corrected chi connectivity index (χ3v) is 5.87. The Labute approximate surface area is 175 Å². The summed E-state index contributed by atoms with van der Waals surface area (Å²) in [5.41, 5.74) is 1.96. The molecule has 0 spiro atoms. The van der Waals surface area contributed by atoms with E-state index < -0.39 is 6.04 Å². The van der Waals surface area contributed by atoms with E-state index in [9.17, 15) is 9.59 Å². The molecule has 1 saturated carbocycles. The average molecular weight is 403 g/mol. The molecule has 1 aliphatic heterocycles. The second kappa shape index (κ2) is 7.86. The van der Waals surface area contributed by atoms with Gasteiger partial charge in [-0.05, 0) is 36.6 Å². The number of nitrogens with zero attached hydrogens (tertiary/aromatic N) is 1. The van der Waals surface area contributed by atoms with Gasteiger partial charge in [-0.25, -0.2) is 0 Å². The van der Waals surface area contributed by atoms with E-state index in [4.69, 9.17) is 4.74 Å². The third-order valence-electron chi connectivity index (χ3n) is 5.87. The highest BCUT2D eigenvalue weighted by molar-refractivity contribution is 5.92. The fraction of sp³-hybridized carbons (Fsp3) is 0.333. The Bertz CT molecular complexity index is 1060. The topological polar surface area (TPSA) is 74.4 Å². The summed E-state index contributed by atoms with van der Waals surface area (Å²) in [5, 5.41) is 4.10. The lowest BCUT2D eigenvalue weighted by atomic mass is 10.1. The van der Waals surface area contributed by atoms with Crippen molar-refractivity contribution in [2.45, 2.75) is 43.9 Å². The molecule has 30 heavy (non-hydrogen) atoms. The summed E-state index contributed by atoms with van der Waals surface area (Å²) in [5.74, 6) is 0.647. The smallest absolute Gasteiger partial charge is 0.243 e. The van der Waals surface area contributed by atoms with Crippen molar-refractivity contribution in [1.29, 1.82) is 0 Å². The number of H-pyrrole nitrogens is 1. The molecule has 2 heterocycles. The van der Waals surface area contributed by atoms with Crippen molar-refractivity contribution >= 4 is 22.7 Å². The molecule has 1 aliphatic carbocycles. The molecule has 1 saturated heterocycles. The number of aromatic amines is 1. The third kappa shape index (κ3) is 3.90. The molecule has 2 fully saturated rings. The van der Waals surface area contributed by atoms with Crippen LogP contribution in [0.15, 0.2) is 60.8 Å². The second-order valence-corrected chi connectivity index (χ2v) is 8.17. The Hall–Kier alpha value is -3.28. The van der Waals surface area contributed by atoms with Crippen molar-refractivity contribution in [2.24, 2.45) is 0 Å². The SMILES string of the molecule is O=C(NC1CC1)[C@@H]1C[C@H](Oc2ccccc2)CN1C(=O)Cc1c[nH]c2ccccc12. The van der Waals surface area contributed by atoms with Crippen LogP contribution in [0.4, 0.5) is 0 Å². The van der Waals surface area contributed by atoms with Crippen LogP contribution in [0.5, 0.6) is 5.75 Å². The number of carbonyl (C=O) groups is 2. The number of aromatic nitrogens is 1. The molecule has 0 bridgehead atoms. The van der Waals surface area contributed by atoms with Gasteiger partial charge >= 0.3 is 0 Å². The van der Waals surface area contributed by atoms with Crippen molar-refractivity contribution < 1.29 is 14.3 Å². The summed E-state index contributed by atoms with van der Waals surface area (Å²) in [4.78, 5) is 31.0. The van der Waals surface area contributed by atoms with Gasteiger partial charge in [-0.15, -0.1) is 0 Å². The maximum absolute atomic E-state index is 13.2. The molecule has 0 unspecified atom stereocenters. The number of nitrogens with one attached hydrogen (secondary N) is 2. The van der Waals surface area contributed by atoms with Crippen LogP contribution in [0.1, 0.15) is 24.8 Å². The molecular formula is C24H25N3O3. The number of amides is 2. The number of hydrogen-bond donors (Lipinski definition) is 2. The van der Waals surface area contributed by atoms with E-state index in [1.54, 1.807) is 4.90 Å².